The summed E-state index contributed by atoms with van der Waals surface area (Å²) in [5, 5.41) is 6.31. The smallest absolute Gasteiger partial charge is 0.291 e. The summed E-state index contributed by atoms with van der Waals surface area (Å²) in [5.74, 6) is 1.82. The summed E-state index contributed by atoms with van der Waals surface area (Å²) in [4.78, 5) is 18.8. The van der Waals surface area contributed by atoms with Crippen LogP contribution in [0.2, 0.25) is 0 Å². The van der Waals surface area contributed by atoms with Gasteiger partial charge >= 0.3 is 0 Å². The Morgan fingerprint density at radius 1 is 1.21 bits per heavy atom. The molecule has 0 radical (unpaired) electrons. The molecule has 6 nitrogen and oxygen atoms in total. The second-order valence-corrected chi connectivity index (χ2v) is 7.76. The molecule has 4 rings (SSSR count). The molecule has 0 aliphatic heterocycles. The van der Waals surface area contributed by atoms with Gasteiger partial charge in [0.25, 0.3) is 5.56 Å². The van der Waals surface area contributed by atoms with Crippen molar-refractivity contribution in [3.8, 4) is 11.5 Å². The number of methoxy groups -OCH3 is 1. The van der Waals surface area contributed by atoms with Crippen molar-refractivity contribution < 1.29 is 9.47 Å². The number of thiazole rings is 1. The largest absolute Gasteiger partial charge is 0.493 e. The molecule has 0 spiro atoms. The molecule has 0 aliphatic carbocycles. The first kappa shape index (κ1) is 18.4. The van der Waals surface area contributed by atoms with Crippen LogP contribution in [0.3, 0.4) is 0 Å². The van der Waals surface area contributed by atoms with Crippen LogP contribution in [0.1, 0.15) is 23.2 Å². The normalized spacial score (nSPS) is 12.3. The zero-order chi connectivity index (χ0) is 19.5. The molecule has 0 amide bonds. The van der Waals surface area contributed by atoms with E-state index in [-0.39, 0.29) is 5.56 Å². The maximum absolute atomic E-state index is 12.7. The summed E-state index contributed by atoms with van der Waals surface area (Å²) < 4.78 is 12.8. The average Bonchev–Trinajstić information content (AvgIpc) is 3.41. The van der Waals surface area contributed by atoms with Crippen molar-refractivity contribution in [3.63, 3.8) is 0 Å². The number of rotatable bonds is 6. The molecule has 1 aromatic carbocycles. The Bertz CT molecular complexity index is 1240. The van der Waals surface area contributed by atoms with Gasteiger partial charge in [-0.2, -0.15) is 9.50 Å². The number of nitrogens with zero attached hydrogens (tertiary/aromatic N) is 3. The molecule has 28 heavy (non-hydrogen) atoms. The molecular weight excluding hydrogens is 394 g/mol. The van der Waals surface area contributed by atoms with E-state index in [2.05, 4.69) is 10.1 Å². The van der Waals surface area contributed by atoms with E-state index in [9.17, 15) is 4.79 Å². The molecular formula is C20H17N3O3S2. The predicted molar refractivity (Wildman–Crippen MR) is 113 cm³/mol. The van der Waals surface area contributed by atoms with Crippen molar-refractivity contribution in [1.82, 2.24) is 14.6 Å². The number of hydrogen-bond acceptors (Lipinski definition) is 7. The third-order valence-electron chi connectivity index (χ3n) is 3.92. The first-order valence-electron chi connectivity index (χ1n) is 8.61. The quantitative estimate of drug-likeness (QED) is 0.487. The predicted octanol–water partition coefficient (Wildman–Crippen LogP) is 3.34. The van der Waals surface area contributed by atoms with E-state index >= 15 is 0 Å². The lowest BCUT2D eigenvalue weighted by Crippen LogP contribution is -2.23. The van der Waals surface area contributed by atoms with Gasteiger partial charge in [0, 0.05) is 4.88 Å². The third-order valence-corrected chi connectivity index (χ3v) is 5.72. The van der Waals surface area contributed by atoms with Crippen molar-refractivity contribution >= 4 is 45.9 Å². The Hall–Kier alpha value is -2.97. The number of benzene rings is 1. The lowest BCUT2D eigenvalue weighted by Gasteiger charge is -2.09. The minimum absolute atomic E-state index is 0.184. The van der Waals surface area contributed by atoms with Crippen molar-refractivity contribution in [2.45, 2.75) is 6.92 Å². The highest BCUT2D eigenvalue weighted by Gasteiger charge is 2.10. The second kappa shape index (κ2) is 7.95. The summed E-state index contributed by atoms with van der Waals surface area (Å²) in [6.07, 6.45) is 5.56. The highest BCUT2D eigenvalue weighted by atomic mass is 32.1. The van der Waals surface area contributed by atoms with Gasteiger partial charge in [-0.3, -0.25) is 4.79 Å². The summed E-state index contributed by atoms with van der Waals surface area (Å²) >= 11 is 2.94. The molecule has 3 heterocycles. The molecule has 0 saturated heterocycles. The van der Waals surface area contributed by atoms with Crippen LogP contribution >= 0.6 is 22.7 Å². The fourth-order valence-electron chi connectivity index (χ4n) is 2.66. The van der Waals surface area contributed by atoms with E-state index in [0.29, 0.717) is 33.4 Å². The monoisotopic (exact) mass is 411 g/mol. The maximum atomic E-state index is 12.7. The van der Waals surface area contributed by atoms with E-state index in [4.69, 9.17) is 9.47 Å². The van der Waals surface area contributed by atoms with Crippen LogP contribution < -0.4 is 19.6 Å². The van der Waals surface area contributed by atoms with Crippen molar-refractivity contribution in [1.29, 1.82) is 0 Å². The van der Waals surface area contributed by atoms with Gasteiger partial charge < -0.3 is 9.47 Å². The number of hydrogen-bond donors (Lipinski definition) is 0. The minimum Gasteiger partial charge on any atom is -0.493 e. The van der Waals surface area contributed by atoms with E-state index in [1.165, 1.54) is 15.9 Å². The Kier molecular flexibility index (Phi) is 5.23. The van der Waals surface area contributed by atoms with E-state index in [1.807, 2.05) is 60.9 Å². The Morgan fingerprint density at radius 2 is 2.11 bits per heavy atom. The van der Waals surface area contributed by atoms with Crippen LogP contribution in [0, 0.1) is 0 Å². The highest BCUT2D eigenvalue weighted by Crippen LogP contribution is 2.28. The number of thiophene rings is 1. The fraction of sp³-hybridized carbons (Fsp3) is 0.150. The fourth-order valence-corrected chi connectivity index (χ4v) is 4.20. The zero-order valence-corrected chi connectivity index (χ0v) is 16.9. The SMILES string of the molecule is CCOc1ccc(/C=c2/sc3nc(/C=C/c4cccs4)nn3c2=O)cc1OC. The van der Waals surface area contributed by atoms with Crippen molar-refractivity contribution in [2.75, 3.05) is 13.7 Å². The summed E-state index contributed by atoms with van der Waals surface area (Å²) in [6.45, 7) is 2.47. The molecule has 8 heteroatoms. The minimum atomic E-state index is -0.184. The second-order valence-electron chi connectivity index (χ2n) is 5.77. The molecule has 4 aromatic rings. The van der Waals surface area contributed by atoms with E-state index in [1.54, 1.807) is 18.4 Å². The molecule has 0 bridgehead atoms. The lowest BCUT2D eigenvalue weighted by atomic mass is 10.2. The van der Waals surface area contributed by atoms with Gasteiger partial charge in [-0.25, -0.2) is 0 Å². The number of ether oxygens (including phenoxy) is 2. The Morgan fingerprint density at radius 3 is 2.82 bits per heavy atom. The van der Waals surface area contributed by atoms with Crippen molar-refractivity contribution in [3.05, 3.63) is 66.9 Å². The van der Waals surface area contributed by atoms with Gasteiger partial charge in [0.1, 0.15) is 0 Å². The van der Waals surface area contributed by atoms with Gasteiger partial charge in [0.15, 0.2) is 17.3 Å². The summed E-state index contributed by atoms with van der Waals surface area (Å²) in [7, 11) is 1.59. The van der Waals surface area contributed by atoms with Crippen LogP contribution in [-0.4, -0.2) is 28.3 Å². The number of aromatic nitrogens is 3. The van der Waals surface area contributed by atoms with Crippen LogP contribution in [0.25, 0.3) is 23.2 Å². The molecule has 0 atom stereocenters. The zero-order valence-electron chi connectivity index (χ0n) is 15.3. The number of fused-ring (bicyclic) bond motifs is 1. The maximum Gasteiger partial charge on any atom is 0.291 e. The molecule has 0 unspecified atom stereocenters. The standard InChI is InChI=1S/C20H17N3O3S2/c1-3-26-15-8-6-13(11-16(15)25-2)12-17-19(24)23-20(28-17)21-18(22-23)9-7-14-5-4-10-27-14/h4-12H,3H2,1-2H3/b9-7+,17-12+. The van der Waals surface area contributed by atoms with Gasteiger partial charge in [0.05, 0.1) is 18.2 Å². The van der Waals surface area contributed by atoms with Gasteiger partial charge in [0.2, 0.25) is 4.96 Å². The molecule has 0 N–H and O–H groups in total. The topological polar surface area (TPSA) is 65.7 Å². The van der Waals surface area contributed by atoms with E-state index < -0.39 is 0 Å². The van der Waals surface area contributed by atoms with Gasteiger partial charge in [-0.15, -0.1) is 16.4 Å². The van der Waals surface area contributed by atoms with Gasteiger partial charge in [-0.05, 0) is 54.3 Å². The van der Waals surface area contributed by atoms with Crippen molar-refractivity contribution in [2.24, 2.45) is 0 Å². The third kappa shape index (κ3) is 3.69. The first-order chi connectivity index (χ1) is 13.7. The molecule has 0 saturated carbocycles. The molecule has 0 fully saturated rings. The lowest BCUT2D eigenvalue weighted by molar-refractivity contribution is 0.311. The average molecular weight is 412 g/mol. The van der Waals surface area contributed by atoms with Gasteiger partial charge in [-0.1, -0.05) is 23.5 Å². The Labute approximate surface area is 169 Å². The van der Waals surface area contributed by atoms with Crippen LogP contribution in [-0.2, 0) is 0 Å². The molecule has 142 valence electrons. The highest BCUT2D eigenvalue weighted by molar-refractivity contribution is 7.15. The first-order valence-corrected chi connectivity index (χ1v) is 10.3. The summed E-state index contributed by atoms with van der Waals surface area (Å²) in [6, 6.07) is 9.56. The molecule has 0 aliphatic rings. The van der Waals surface area contributed by atoms with Crippen LogP contribution in [0.4, 0.5) is 0 Å². The van der Waals surface area contributed by atoms with Crippen LogP contribution in [0.5, 0.6) is 11.5 Å². The van der Waals surface area contributed by atoms with E-state index in [0.717, 1.165) is 10.4 Å². The summed E-state index contributed by atoms with van der Waals surface area (Å²) in [5.41, 5.74) is 0.663. The molecule has 3 aromatic heterocycles. The van der Waals surface area contributed by atoms with Crippen LogP contribution in [0.15, 0.2) is 40.5 Å². The Balaban J connectivity index is 1.67.